The van der Waals surface area contributed by atoms with Crippen molar-refractivity contribution >= 4 is 61.1 Å². The monoisotopic (exact) mass is 574 g/mol. The molecular formula is C19H13BrI2. The van der Waals surface area contributed by atoms with Gasteiger partial charge < -0.3 is 0 Å². The Labute approximate surface area is 166 Å². The van der Waals surface area contributed by atoms with E-state index in [9.17, 15) is 0 Å². The highest BCUT2D eigenvalue weighted by atomic mass is 127. The topological polar surface area (TPSA) is 0 Å². The van der Waals surface area contributed by atoms with Crippen LogP contribution in [-0.4, -0.2) is 0 Å². The maximum absolute atomic E-state index is 3.74. The van der Waals surface area contributed by atoms with Crippen molar-refractivity contribution in [3.63, 3.8) is 0 Å². The zero-order chi connectivity index (χ0) is 15.5. The average Bonchev–Trinajstić information content (AvgIpc) is 2.53. The zero-order valence-corrected chi connectivity index (χ0v) is 17.5. The molecule has 3 rings (SSSR count). The molecule has 0 aliphatic carbocycles. The molecule has 0 aliphatic rings. The van der Waals surface area contributed by atoms with Crippen molar-refractivity contribution in [2.24, 2.45) is 0 Å². The molecule has 3 aromatic carbocycles. The van der Waals surface area contributed by atoms with Gasteiger partial charge in [0.05, 0.1) is 0 Å². The van der Waals surface area contributed by atoms with Gasteiger partial charge >= 0.3 is 0 Å². The fourth-order valence-electron chi connectivity index (χ4n) is 2.63. The van der Waals surface area contributed by atoms with Crippen molar-refractivity contribution in [1.82, 2.24) is 0 Å². The molecule has 0 aliphatic heterocycles. The summed E-state index contributed by atoms with van der Waals surface area (Å²) in [5.41, 5.74) is 3.99. The summed E-state index contributed by atoms with van der Waals surface area (Å²) < 4.78 is 3.74. The van der Waals surface area contributed by atoms with Gasteiger partial charge in [0.25, 0.3) is 0 Å². The molecule has 0 radical (unpaired) electrons. The third kappa shape index (κ3) is 3.41. The SMILES string of the molecule is Brc1ccccc1C(c1ccccc1I)c1ccccc1I. The van der Waals surface area contributed by atoms with Crippen LogP contribution in [0.4, 0.5) is 0 Å². The second-order valence-electron chi connectivity index (χ2n) is 5.00. The number of rotatable bonds is 3. The Morgan fingerprint density at radius 2 is 1.00 bits per heavy atom. The van der Waals surface area contributed by atoms with Gasteiger partial charge in [-0.1, -0.05) is 70.5 Å². The third-order valence-corrected chi connectivity index (χ3v) is 6.34. The lowest BCUT2D eigenvalue weighted by Gasteiger charge is -2.22. The lowest BCUT2D eigenvalue weighted by atomic mass is 9.85. The van der Waals surface area contributed by atoms with Gasteiger partial charge in [-0.2, -0.15) is 0 Å². The second kappa shape index (κ2) is 7.45. The highest BCUT2D eigenvalue weighted by molar-refractivity contribution is 14.1. The molecule has 0 nitrogen and oxygen atoms in total. The van der Waals surface area contributed by atoms with Crippen LogP contribution in [0.2, 0.25) is 0 Å². The first-order valence-corrected chi connectivity index (χ1v) is 9.87. The predicted molar refractivity (Wildman–Crippen MR) is 113 cm³/mol. The molecule has 0 spiro atoms. The fourth-order valence-corrected chi connectivity index (χ4v) is 4.54. The van der Waals surface area contributed by atoms with E-state index in [1.165, 1.54) is 23.8 Å². The van der Waals surface area contributed by atoms with Gasteiger partial charge in [0.15, 0.2) is 0 Å². The molecular weight excluding hydrogens is 562 g/mol. The number of halogens is 3. The molecule has 0 aromatic heterocycles. The van der Waals surface area contributed by atoms with E-state index in [4.69, 9.17) is 0 Å². The van der Waals surface area contributed by atoms with Crippen LogP contribution >= 0.6 is 61.1 Å². The van der Waals surface area contributed by atoms with Crippen LogP contribution in [0.1, 0.15) is 22.6 Å². The summed E-state index contributed by atoms with van der Waals surface area (Å²) in [5, 5.41) is 0. The molecule has 0 fully saturated rings. The van der Waals surface area contributed by atoms with Crippen LogP contribution in [0.3, 0.4) is 0 Å². The summed E-state index contributed by atoms with van der Waals surface area (Å²) >= 11 is 8.61. The van der Waals surface area contributed by atoms with Gasteiger partial charge in [-0.25, -0.2) is 0 Å². The molecule has 0 N–H and O–H groups in total. The van der Waals surface area contributed by atoms with Crippen LogP contribution in [0.25, 0.3) is 0 Å². The van der Waals surface area contributed by atoms with Gasteiger partial charge in [0.2, 0.25) is 0 Å². The summed E-state index contributed by atoms with van der Waals surface area (Å²) in [7, 11) is 0. The van der Waals surface area contributed by atoms with Crippen LogP contribution in [-0.2, 0) is 0 Å². The summed E-state index contributed by atoms with van der Waals surface area (Å²) in [5.74, 6) is 0.233. The van der Waals surface area contributed by atoms with E-state index in [2.05, 4.69) is 134 Å². The quantitative estimate of drug-likeness (QED) is 0.237. The first-order chi connectivity index (χ1) is 10.7. The van der Waals surface area contributed by atoms with E-state index in [0.29, 0.717) is 0 Å². The summed E-state index contributed by atoms with van der Waals surface area (Å²) in [4.78, 5) is 0. The fraction of sp³-hybridized carbons (Fsp3) is 0.0526. The molecule has 0 amide bonds. The first-order valence-electron chi connectivity index (χ1n) is 6.92. The maximum atomic E-state index is 3.74. The van der Waals surface area contributed by atoms with E-state index < -0.39 is 0 Å². The molecule has 0 bridgehead atoms. The second-order valence-corrected chi connectivity index (χ2v) is 8.18. The average molecular weight is 575 g/mol. The molecule has 3 aromatic rings. The minimum absolute atomic E-state index is 0.233. The van der Waals surface area contributed by atoms with E-state index in [-0.39, 0.29) is 5.92 Å². The molecule has 0 heterocycles. The van der Waals surface area contributed by atoms with Crippen LogP contribution in [0.15, 0.2) is 77.3 Å². The van der Waals surface area contributed by atoms with Gasteiger partial charge in [0, 0.05) is 17.5 Å². The van der Waals surface area contributed by atoms with E-state index >= 15 is 0 Å². The normalized spacial score (nSPS) is 10.9. The van der Waals surface area contributed by atoms with Crippen molar-refractivity contribution in [2.75, 3.05) is 0 Å². The summed E-state index contributed by atoms with van der Waals surface area (Å²) in [6, 6.07) is 25.8. The standard InChI is InChI=1S/C19H13BrI2/c20-16-10-4-1-7-13(16)19(14-8-2-5-11-17(14)21)15-9-3-6-12-18(15)22/h1-12,19H. The van der Waals surface area contributed by atoms with Gasteiger partial charge in [-0.15, -0.1) is 0 Å². The van der Waals surface area contributed by atoms with Crippen LogP contribution < -0.4 is 0 Å². The van der Waals surface area contributed by atoms with Crippen molar-refractivity contribution in [3.8, 4) is 0 Å². The largest absolute Gasteiger partial charge is 0.0619 e. The van der Waals surface area contributed by atoms with Crippen LogP contribution in [0, 0.1) is 7.14 Å². The minimum Gasteiger partial charge on any atom is -0.0619 e. The molecule has 0 atom stereocenters. The van der Waals surface area contributed by atoms with Crippen molar-refractivity contribution in [3.05, 3.63) is 101 Å². The van der Waals surface area contributed by atoms with E-state index in [0.717, 1.165) is 4.47 Å². The molecule has 3 heteroatoms. The zero-order valence-electron chi connectivity index (χ0n) is 11.6. The summed E-state index contributed by atoms with van der Waals surface area (Å²) in [6.45, 7) is 0. The summed E-state index contributed by atoms with van der Waals surface area (Å²) in [6.07, 6.45) is 0. The predicted octanol–water partition coefficient (Wildman–Crippen LogP) is 6.84. The number of hydrogen-bond acceptors (Lipinski definition) is 0. The number of benzene rings is 3. The maximum Gasteiger partial charge on any atom is 0.0372 e. The lowest BCUT2D eigenvalue weighted by molar-refractivity contribution is 0.954. The Hall–Kier alpha value is -0.400. The molecule has 0 saturated carbocycles. The molecule has 22 heavy (non-hydrogen) atoms. The molecule has 0 unspecified atom stereocenters. The Balaban J connectivity index is 2.27. The molecule has 110 valence electrons. The van der Waals surface area contributed by atoms with Crippen molar-refractivity contribution in [1.29, 1.82) is 0 Å². The Bertz CT molecular complexity index is 691. The number of hydrogen-bond donors (Lipinski definition) is 0. The lowest BCUT2D eigenvalue weighted by Crippen LogP contribution is -2.07. The minimum atomic E-state index is 0.233. The van der Waals surface area contributed by atoms with Gasteiger partial charge in [0.1, 0.15) is 0 Å². The highest BCUT2D eigenvalue weighted by Gasteiger charge is 2.22. The van der Waals surface area contributed by atoms with E-state index in [1.54, 1.807) is 0 Å². The first kappa shape index (κ1) is 16.5. The Morgan fingerprint density at radius 1 is 0.591 bits per heavy atom. The van der Waals surface area contributed by atoms with E-state index in [1.807, 2.05) is 0 Å². The van der Waals surface area contributed by atoms with Crippen LogP contribution in [0.5, 0.6) is 0 Å². The van der Waals surface area contributed by atoms with Gasteiger partial charge in [-0.3, -0.25) is 0 Å². The Morgan fingerprint density at radius 3 is 1.45 bits per heavy atom. The third-order valence-electron chi connectivity index (χ3n) is 3.65. The highest BCUT2D eigenvalue weighted by Crippen LogP contribution is 2.39. The van der Waals surface area contributed by atoms with Crippen molar-refractivity contribution in [2.45, 2.75) is 5.92 Å². The van der Waals surface area contributed by atoms with Crippen molar-refractivity contribution < 1.29 is 0 Å². The Kier molecular flexibility index (Phi) is 5.57. The van der Waals surface area contributed by atoms with Gasteiger partial charge in [-0.05, 0) is 80.1 Å². The molecule has 0 saturated heterocycles. The smallest absolute Gasteiger partial charge is 0.0372 e.